The van der Waals surface area contributed by atoms with E-state index in [-0.39, 0.29) is 11.6 Å². The van der Waals surface area contributed by atoms with E-state index in [2.05, 4.69) is 15.3 Å². The summed E-state index contributed by atoms with van der Waals surface area (Å²) in [7, 11) is 0. The number of fused-ring (bicyclic) bond motifs is 1. The molecule has 1 amide bonds. The number of aromatic nitrogens is 2. The van der Waals surface area contributed by atoms with Crippen molar-refractivity contribution in [1.29, 1.82) is 0 Å². The van der Waals surface area contributed by atoms with Crippen molar-refractivity contribution in [1.82, 2.24) is 14.9 Å². The standard InChI is InChI=1S/C22H22F2N4O/c1-14-6-8-16-20(27-19-12-15(23)7-9-18(19)24)17(13-25-21(16)26-14)22(29)28-10-4-2-3-5-11-28/h6-9,12-13H,2-5,10-11H2,1H3,(H,25,26,27). The van der Waals surface area contributed by atoms with E-state index in [1.807, 2.05) is 11.8 Å². The molecule has 29 heavy (non-hydrogen) atoms. The first-order valence-electron chi connectivity index (χ1n) is 9.80. The van der Waals surface area contributed by atoms with Gasteiger partial charge < -0.3 is 10.2 Å². The molecule has 1 N–H and O–H groups in total. The van der Waals surface area contributed by atoms with Gasteiger partial charge in [0.15, 0.2) is 5.65 Å². The number of carbonyl (C=O) groups excluding carboxylic acids is 1. The molecule has 0 spiro atoms. The van der Waals surface area contributed by atoms with E-state index in [1.165, 1.54) is 6.20 Å². The third-order valence-corrected chi connectivity index (χ3v) is 5.18. The Labute approximate surface area is 167 Å². The van der Waals surface area contributed by atoms with Gasteiger partial charge in [0.2, 0.25) is 0 Å². The van der Waals surface area contributed by atoms with Crippen LogP contribution in [0.3, 0.4) is 0 Å². The average molecular weight is 396 g/mol. The lowest BCUT2D eigenvalue weighted by Crippen LogP contribution is -2.32. The van der Waals surface area contributed by atoms with Crippen molar-refractivity contribution in [3.8, 4) is 0 Å². The lowest BCUT2D eigenvalue weighted by atomic mass is 10.1. The summed E-state index contributed by atoms with van der Waals surface area (Å²) in [5.41, 5.74) is 1.90. The van der Waals surface area contributed by atoms with E-state index in [4.69, 9.17) is 0 Å². The second kappa shape index (κ2) is 8.11. The largest absolute Gasteiger partial charge is 0.352 e. The number of benzene rings is 1. The molecule has 150 valence electrons. The van der Waals surface area contributed by atoms with Crippen LogP contribution in [0.4, 0.5) is 20.2 Å². The Hall–Kier alpha value is -3.09. The van der Waals surface area contributed by atoms with Gasteiger partial charge in [-0.15, -0.1) is 0 Å². The molecule has 2 aromatic heterocycles. The number of pyridine rings is 2. The topological polar surface area (TPSA) is 58.1 Å². The first-order valence-corrected chi connectivity index (χ1v) is 9.80. The number of halogens is 2. The van der Waals surface area contributed by atoms with Crippen LogP contribution in [0.2, 0.25) is 0 Å². The normalized spacial score (nSPS) is 14.7. The molecule has 0 bridgehead atoms. The van der Waals surface area contributed by atoms with Crippen LogP contribution >= 0.6 is 0 Å². The van der Waals surface area contributed by atoms with Crippen LogP contribution in [0.25, 0.3) is 11.0 Å². The third kappa shape index (κ3) is 4.04. The number of hydrogen-bond donors (Lipinski definition) is 1. The van der Waals surface area contributed by atoms with Gasteiger partial charge in [0.1, 0.15) is 11.6 Å². The van der Waals surface area contributed by atoms with Gasteiger partial charge >= 0.3 is 0 Å². The quantitative estimate of drug-likeness (QED) is 0.679. The van der Waals surface area contributed by atoms with Gasteiger partial charge in [-0.2, -0.15) is 0 Å². The number of aryl methyl sites for hydroxylation is 1. The summed E-state index contributed by atoms with van der Waals surface area (Å²) in [5, 5.41) is 3.52. The monoisotopic (exact) mass is 396 g/mol. The molecule has 1 aliphatic rings. The Morgan fingerprint density at radius 2 is 1.83 bits per heavy atom. The molecule has 4 rings (SSSR count). The van der Waals surface area contributed by atoms with Crippen molar-refractivity contribution >= 4 is 28.3 Å². The molecule has 5 nitrogen and oxygen atoms in total. The SMILES string of the molecule is Cc1ccc2c(Nc3cc(F)ccc3F)c(C(=O)N3CCCCCC3)cnc2n1. The highest BCUT2D eigenvalue weighted by Crippen LogP contribution is 2.31. The first kappa shape index (κ1) is 19.2. The van der Waals surface area contributed by atoms with Crippen LogP contribution in [-0.4, -0.2) is 33.9 Å². The summed E-state index contributed by atoms with van der Waals surface area (Å²) in [6.45, 7) is 3.20. The summed E-state index contributed by atoms with van der Waals surface area (Å²) in [4.78, 5) is 23.9. The van der Waals surface area contributed by atoms with Gasteiger partial charge in [0.05, 0.1) is 16.9 Å². The maximum atomic E-state index is 14.3. The second-order valence-electron chi connectivity index (χ2n) is 7.33. The van der Waals surface area contributed by atoms with Crippen molar-refractivity contribution in [2.75, 3.05) is 18.4 Å². The number of nitrogens with zero attached hydrogens (tertiary/aromatic N) is 3. The van der Waals surface area contributed by atoms with E-state index in [0.29, 0.717) is 35.4 Å². The highest BCUT2D eigenvalue weighted by molar-refractivity contribution is 6.07. The maximum absolute atomic E-state index is 14.3. The van der Waals surface area contributed by atoms with E-state index in [9.17, 15) is 13.6 Å². The lowest BCUT2D eigenvalue weighted by molar-refractivity contribution is 0.0762. The predicted octanol–water partition coefficient (Wildman–Crippen LogP) is 4.98. The van der Waals surface area contributed by atoms with Crippen LogP contribution in [-0.2, 0) is 0 Å². The maximum Gasteiger partial charge on any atom is 0.257 e. The number of rotatable bonds is 3. The molecule has 0 aliphatic carbocycles. The van der Waals surface area contributed by atoms with Gasteiger partial charge in [-0.1, -0.05) is 12.8 Å². The fourth-order valence-electron chi connectivity index (χ4n) is 3.64. The average Bonchev–Trinajstić information content (AvgIpc) is 3.00. The van der Waals surface area contributed by atoms with E-state index in [0.717, 1.165) is 49.6 Å². The Morgan fingerprint density at radius 3 is 2.59 bits per heavy atom. The van der Waals surface area contributed by atoms with Crippen LogP contribution in [0.1, 0.15) is 41.7 Å². The van der Waals surface area contributed by atoms with Gasteiger partial charge in [-0.3, -0.25) is 4.79 Å². The van der Waals surface area contributed by atoms with E-state index >= 15 is 0 Å². The minimum absolute atomic E-state index is 0.0389. The zero-order valence-electron chi connectivity index (χ0n) is 16.2. The summed E-state index contributed by atoms with van der Waals surface area (Å²) in [6, 6.07) is 6.78. The summed E-state index contributed by atoms with van der Waals surface area (Å²) in [5.74, 6) is -1.34. The minimum Gasteiger partial charge on any atom is -0.352 e. The molecule has 0 saturated carbocycles. The highest BCUT2D eigenvalue weighted by atomic mass is 19.1. The number of hydrogen-bond acceptors (Lipinski definition) is 4. The van der Waals surface area contributed by atoms with Gasteiger partial charge in [0.25, 0.3) is 5.91 Å². The first-order chi connectivity index (χ1) is 14.0. The summed E-state index contributed by atoms with van der Waals surface area (Å²) >= 11 is 0. The molecule has 3 heterocycles. The molecule has 1 aliphatic heterocycles. The van der Waals surface area contributed by atoms with E-state index < -0.39 is 11.6 Å². The predicted molar refractivity (Wildman–Crippen MR) is 108 cm³/mol. The Balaban J connectivity index is 1.83. The van der Waals surface area contributed by atoms with Crippen molar-refractivity contribution in [2.24, 2.45) is 0 Å². The third-order valence-electron chi connectivity index (χ3n) is 5.18. The van der Waals surface area contributed by atoms with Crippen molar-refractivity contribution in [3.63, 3.8) is 0 Å². The van der Waals surface area contributed by atoms with Crippen LogP contribution < -0.4 is 5.32 Å². The van der Waals surface area contributed by atoms with Gasteiger partial charge in [-0.05, 0) is 44.0 Å². The summed E-state index contributed by atoms with van der Waals surface area (Å²) in [6.07, 6.45) is 5.58. The Kier molecular flexibility index (Phi) is 5.38. The van der Waals surface area contributed by atoms with Gasteiger partial charge in [-0.25, -0.2) is 18.7 Å². The fraction of sp³-hybridized carbons (Fsp3) is 0.318. The Bertz CT molecular complexity index is 1060. The number of likely N-dealkylation sites (tertiary alicyclic amines) is 1. The molecule has 0 radical (unpaired) electrons. The highest BCUT2D eigenvalue weighted by Gasteiger charge is 2.23. The number of amides is 1. The molecule has 0 atom stereocenters. The molecule has 7 heteroatoms. The zero-order chi connectivity index (χ0) is 20.4. The fourth-order valence-corrected chi connectivity index (χ4v) is 3.64. The summed E-state index contributed by atoms with van der Waals surface area (Å²) < 4.78 is 28.0. The van der Waals surface area contributed by atoms with Crippen molar-refractivity contribution in [3.05, 3.63) is 59.4 Å². The lowest BCUT2D eigenvalue weighted by Gasteiger charge is -2.22. The molecule has 3 aromatic rings. The van der Waals surface area contributed by atoms with Crippen LogP contribution in [0.15, 0.2) is 36.5 Å². The molecular formula is C22H22F2N4O. The van der Waals surface area contributed by atoms with Gasteiger partial charge in [0, 0.05) is 36.4 Å². The molecular weight excluding hydrogens is 374 g/mol. The number of anilines is 2. The Morgan fingerprint density at radius 1 is 1.07 bits per heavy atom. The minimum atomic E-state index is -0.607. The number of carbonyl (C=O) groups is 1. The molecule has 1 saturated heterocycles. The second-order valence-corrected chi connectivity index (χ2v) is 7.33. The molecule has 1 aromatic carbocycles. The van der Waals surface area contributed by atoms with Crippen LogP contribution in [0, 0.1) is 18.6 Å². The number of nitrogens with one attached hydrogen (secondary N) is 1. The molecule has 0 unspecified atom stereocenters. The zero-order valence-corrected chi connectivity index (χ0v) is 16.2. The van der Waals surface area contributed by atoms with Crippen molar-refractivity contribution < 1.29 is 13.6 Å². The van der Waals surface area contributed by atoms with Crippen molar-refractivity contribution in [2.45, 2.75) is 32.6 Å². The van der Waals surface area contributed by atoms with E-state index in [1.54, 1.807) is 12.1 Å². The smallest absolute Gasteiger partial charge is 0.257 e. The molecule has 1 fully saturated rings. The van der Waals surface area contributed by atoms with Crippen LogP contribution in [0.5, 0.6) is 0 Å².